The lowest BCUT2D eigenvalue weighted by Crippen LogP contribution is -2.34. The fourth-order valence-corrected chi connectivity index (χ4v) is 1.94. The van der Waals surface area contributed by atoms with Crippen molar-refractivity contribution in [2.24, 2.45) is 0 Å². The Morgan fingerprint density at radius 1 is 1.10 bits per heavy atom. The van der Waals surface area contributed by atoms with E-state index in [4.69, 9.17) is 9.15 Å². The Kier molecular flexibility index (Phi) is 5.07. The average molecular weight is 287 g/mol. The van der Waals surface area contributed by atoms with Crippen LogP contribution in [0.3, 0.4) is 0 Å². The Balaban J connectivity index is 1.84. The normalized spacial score (nSPS) is 11.6. The summed E-state index contributed by atoms with van der Waals surface area (Å²) in [4.78, 5) is 0. The topological polar surface area (TPSA) is 34.4 Å². The lowest BCUT2D eigenvalue weighted by atomic mass is 10.1. The number of rotatable bonds is 6. The maximum absolute atomic E-state index is 5.74. The molecule has 21 heavy (non-hydrogen) atoms. The summed E-state index contributed by atoms with van der Waals surface area (Å²) in [6, 6.07) is 10.2. The molecule has 1 heterocycles. The zero-order valence-corrected chi connectivity index (χ0v) is 13.4. The van der Waals surface area contributed by atoms with Crippen molar-refractivity contribution in [3.63, 3.8) is 0 Å². The van der Waals surface area contributed by atoms with E-state index in [0.29, 0.717) is 6.61 Å². The van der Waals surface area contributed by atoms with Gasteiger partial charge in [-0.25, -0.2) is 0 Å². The van der Waals surface area contributed by atoms with Gasteiger partial charge >= 0.3 is 0 Å². The van der Waals surface area contributed by atoms with Crippen LogP contribution in [0.1, 0.15) is 44.6 Å². The number of furan rings is 1. The smallest absolute Gasteiger partial charge is 0.146 e. The van der Waals surface area contributed by atoms with Crippen LogP contribution in [0.5, 0.6) is 5.75 Å². The van der Waals surface area contributed by atoms with E-state index in [-0.39, 0.29) is 5.54 Å². The summed E-state index contributed by atoms with van der Waals surface area (Å²) in [7, 11) is 0. The predicted octanol–water partition coefficient (Wildman–Crippen LogP) is 4.31. The largest absolute Gasteiger partial charge is 0.486 e. The fourth-order valence-electron chi connectivity index (χ4n) is 1.94. The SMILES string of the molecule is CCc1ccc(OCc2cc(CNC(C)(C)C)co2)cc1. The Bertz CT molecular complexity index is 549. The molecule has 1 aromatic heterocycles. The van der Waals surface area contributed by atoms with Crippen LogP contribution in [-0.2, 0) is 19.6 Å². The summed E-state index contributed by atoms with van der Waals surface area (Å²) in [5.74, 6) is 1.72. The highest BCUT2D eigenvalue weighted by molar-refractivity contribution is 5.27. The molecule has 0 atom stereocenters. The molecule has 0 unspecified atom stereocenters. The Morgan fingerprint density at radius 2 is 1.81 bits per heavy atom. The molecule has 0 saturated carbocycles. The van der Waals surface area contributed by atoms with Crippen LogP contribution in [0.2, 0.25) is 0 Å². The summed E-state index contributed by atoms with van der Waals surface area (Å²) in [6.45, 7) is 9.86. The zero-order valence-electron chi connectivity index (χ0n) is 13.4. The molecule has 1 aromatic carbocycles. The predicted molar refractivity (Wildman–Crippen MR) is 85.5 cm³/mol. The molecule has 114 valence electrons. The Morgan fingerprint density at radius 3 is 2.43 bits per heavy atom. The monoisotopic (exact) mass is 287 g/mol. The first kappa shape index (κ1) is 15.6. The second-order valence-electron chi connectivity index (χ2n) is 6.31. The van der Waals surface area contributed by atoms with Crippen LogP contribution in [0.15, 0.2) is 41.0 Å². The van der Waals surface area contributed by atoms with Gasteiger partial charge in [0.25, 0.3) is 0 Å². The molecule has 2 aromatic rings. The molecular formula is C18H25NO2. The van der Waals surface area contributed by atoms with E-state index in [1.165, 1.54) is 5.56 Å². The molecule has 0 saturated heterocycles. The van der Waals surface area contributed by atoms with Gasteiger partial charge in [0.2, 0.25) is 0 Å². The van der Waals surface area contributed by atoms with Gasteiger partial charge < -0.3 is 14.5 Å². The van der Waals surface area contributed by atoms with Crippen LogP contribution >= 0.6 is 0 Å². The molecule has 0 amide bonds. The molecule has 0 aliphatic rings. The molecular weight excluding hydrogens is 262 g/mol. The van der Waals surface area contributed by atoms with Crippen molar-refractivity contribution in [2.75, 3.05) is 0 Å². The minimum absolute atomic E-state index is 0.106. The molecule has 0 aliphatic carbocycles. The van der Waals surface area contributed by atoms with Crippen LogP contribution in [0.4, 0.5) is 0 Å². The minimum Gasteiger partial charge on any atom is -0.486 e. The van der Waals surface area contributed by atoms with E-state index in [1.807, 2.05) is 18.2 Å². The number of hydrogen-bond acceptors (Lipinski definition) is 3. The second-order valence-corrected chi connectivity index (χ2v) is 6.31. The Labute approximate surface area is 127 Å². The Hall–Kier alpha value is -1.74. The van der Waals surface area contributed by atoms with E-state index >= 15 is 0 Å². The molecule has 3 nitrogen and oxygen atoms in total. The minimum atomic E-state index is 0.106. The van der Waals surface area contributed by atoms with E-state index in [2.05, 4.69) is 45.1 Å². The van der Waals surface area contributed by atoms with E-state index in [0.717, 1.165) is 30.0 Å². The van der Waals surface area contributed by atoms with Gasteiger partial charge in [-0.05, 0) is 51.0 Å². The number of benzene rings is 1. The van der Waals surface area contributed by atoms with Crippen molar-refractivity contribution >= 4 is 0 Å². The highest BCUT2D eigenvalue weighted by Crippen LogP contribution is 2.16. The zero-order chi connectivity index (χ0) is 15.3. The summed E-state index contributed by atoms with van der Waals surface area (Å²) in [6.07, 6.45) is 2.83. The van der Waals surface area contributed by atoms with Crippen molar-refractivity contribution in [2.45, 2.75) is 52.8 Å². The first-order valence-electron chi connectivity index (χ1n) is 7.49. The summed E-state index contributed by atoms with van der Waals surface area (Å²) in [5, 5.41) is 3.44. The lowest BCUT2D eigenvalue weighted by molar-refractivity contribution is 0.270. The number of hydrogen-bond donors (Lipinski definition) is 1. The first-order chi connectivity index (χ1) is 9.96. The van der Waals surface area contributed by atoms with Crippen LogP contribution in [-0.4, -0.2) is 5.54 Å². The van der Waals surface area contributed by atoms with Gasteiger partial charge in [0.1, 0.15) is 18.1 Å². The van der Waals surface area contributed by atoms with E-state index < -0.39 is 0 Å². The second kappa shape index (κ2) is 6.81. The third-order valence-electron chi connectivity index (χ3n) is 3.24. The number of nitrogens with one attached hydrogen (secondary N) is 1. The molecule has 0 fully saturated rings. The average Bonchev–Trinajstić information content (AvgIpc) is 2.91. The lowest BCUT2D eigenvalue weighted by Gasteiger charge is -2.19. The van der Waals surface area contributed by atoms with Crippen molar-refractivity contribution in [1.29, 1.82) is 0 Å². The van der Waals surface area contributed by atoms with Crippen LogP contribution in [0, 0.1) is 0 Å². The van der Waals surface area contributed by atoms with Crippen molar-refractivity contribution in [1.82, 2.24) is 5.32 Å². The fraction of sp³-hybridized carbons (Fsp3) is 0.444. The molecule has 1 N–H and O–H groups in total. The van der Waals surface area contributed by atoms with Gasteiger partial charge in [0.05, 0.1) is 6.26 Å². The van der Waals surface area contributed by atoms with E-state index in [9.17, 15) is 0 Å². The summed E-state index contributed by atoms with van der Waals surface area (Å²) < 4.78 is 11.3. The molecule has 3 heteroatoms. The van der Waals surface area contributed by atoms with Crippen LogP contribution in [0.25, 0.3) is 0 Å². The van der Waals surface area contributed by atoms with Gasteiger partial charge in [0.15, 0.2) is 0 Å². The molecule has 0 aliphatic heterocycles. The maximum atomic E-state index is 5.74. The number of ether oxygens (including phenoxy) is 1. The van der Waals surface area contributed by atoms with Crippen molar-refractivity contribution in [3.05, 3.63) is 53.5 Å². The molecule has 0 spiro atoms. The van der Waals surface area contributed by atoms with Crippen molar-refractivity contribution in [3.8, 4) is 5.75 Å². The summed E-state index contributed by atoms with van der Waals surface area (Å²) in [5.41, 5.74) is 2.57. The quantitative estimate of drug-likeness (QED) is 0.859. The first-order valence-corrected chi connectivity index (χ1v) is 7.49. The van der Waals surface area contributed by atoms with Gasteiger partial charge in [-0.1, -0.05) is 19.1 Å². The van der Waals surface area contributed by atoms with Crippen LogP contribution < -0.4 is 10.1 Å². The maximum Gasteiger partial charge on any atom is 0.146 e. The van der Waals surface area contributed by atoms with Gasteiger partial charge in [-0.3, -0.25) is 0 Å². The summed E-state index contributed by atoms with van der Waals surface area (Å²) >= 11 is 0. The van der Waals surface area contributed by atoms with Gasteiger partial charge in [-0.15, -0.1) is 0 Å². The molecule has 0 radical (unpaired) electrons. The molecule has 2 rings (SSSR count). The standard InChI is InChI=1S/C18H25NO2/c1-5-14-6-8-16(9-7-14)21-13-17-10-15(12-20-17)11-19-18(2,3)4/h6-10,12,19H,5,11,13H2,1-4H3. The highest BCUT2D eigenvalue weighted by Gasteiger charge is 2.10. The highest BCUT2D eigenvalue weighted by atomic mass is 16.5. The van der Waals surface area contributed by atoms with Gasteiger partial charge in [-0.2, -0.15) is 0 Å². The third-order valence-corrected chi connectivity index (χ3v) is 3.24. The van der Waals surface area contributed by atoms with E-state index in [1.54, 1.807) is 6.26 Å². The number of aryl methyl sites for hydroxylation is 1. The van der Waals surface area contributed by atoms with Crippen molar-refractivity contribution < 1.29 is 9.15 Å². The molecule has 0 bridgehead atoms. The van der Waals surface area contributed by atoms with Gasteiger partial charge in [0, 0.05) is 17.6 Å². The third kappa shape index (κ3) is 5.27.